The topological polar surface area (TPSA) is 70.2 Å². The zero-order valence-corrected chi connectivity index (χ0v) is 16.7. The molecule has 0 fully saturated rings. The largest absolute Gasteiger partial charge is 0.481 e. The van der Waals surface area contributed by atoms with Crippen LogP contribution < -0.4 is 0 Å². The summed E-state index contributed by atoms with van der Waals surface area (Å²) in [5.74, 6) is -2.87. The lowest BCUT2D eigenvalue weighted by atomic mass is 9.90. The van der Waals surface area contributed by atoms with E-state index in [9.17, 15) is 27.9 Å². The molecule has 1 aromatic heterocycles. The van der Waals surface area contributed by atoms with Gasteiger partial charge in [0.25, 0.3) is 0 Å². The third kappa shape index (κ3) is 4.27. The Hall–Kier alpha value is -3.87. The number of Topliss-reactive ketones (excluding diaryl/α,β-unsaturated/α-hetero) is 1. The van der Waals surface area contributed by atoms with Gasteiger partial charge in [-0.15, -0.1) is 0 Å². The highest BCUT2D eigenvalue weighted by Gasteiger charge is 2.31. The van der Waals surface area contributed by atoms with Gasteiger partial charge in [-0.25, -0.2) is 0 Å². The van der Waals surface area contributed by atoms with E-state index in [2.05, 4.69) is 4.98 Å². The van der Waals surface area contributed by atoms with Crippen molar-refractivity contribution in [2.45, 2.75) is 18.5 Å². The van der Waals surface area contributed by atoms with Crippen LogP contribution in [-0.4, -0.2) is 21.8 Å². The van der Waals surface area contributed by atoms with Crippen molar-refractivity contribution in [3.63, 3.8) is 0 Å². The summed E-state index contributed by atoms with van der Waals surface area (Å²) in [6, 6.07) is 19.0. The van der Waals surface area contributed by atoms with E-state index in [-0.39, 0.29) is 12.0 Å². The summed E-state index contributed by atoms with van der Waals surface area (Å²) in [4.78, 5) is 27.8. The highest BCUT2D eigenvalue weighted by molar-refractivity contribution is 6.01. The zero-order chi connectivity index (χ0) is 22.9. The van der Waals surface area contributed by atoms with Crippen LogP contribution in [0, 0.1) is 0 Å². The number of fused-ring (bicyclic) bond motifs is 1. The number of aliphatic carboxylic acids is 1. The standard InChI is InChI=1S/C25H18F3NO3/c26-25(27,28)18-9-6-16(7-10-18)23(30)13-20(24(31)32)21-14-29-22-11-8-17(12-19(21)22)15-4-2-1-3-5-15/h1-12,14,20,29H,13H2,(H,31,32). The number of carboxylic acids is 1. The molecule has 0 aliphatic rings. The van der Waals surface area contributed by atoms with Crippen molar-refractivity contribution in [2.24, 2.45) is 0 Å². The van der Waals surface area contributed by atoms with Gasteiger partial charge < -0.3 is 10.1 Å². The van der Waals surface area contributed by atoms with Crippen LogP contribution in [0.15, 0.2) is 79.0 Å². The van der Waals surface area contributed by atoms with Crippen molar-refractivity contribution in [2.75, 3.05) is 0 Å². The number of hydrogen-bond acceptors (Lipinski definition) is 2. The normalized spacial score (nSPS) is 12.6. The fourth-order valence-electron chi connectivity index (χ4n) is 3.72. The predicted molar refractivity (Wildman–Crippen MR) is 115 cm³/mol. The van der Waals surface area contributed by atoms with Crippen molar-refractivity contribution in [1.29, 1.82) is 0 Å². The van der Waals surface area contributed by atoms with E-state index >= 15 is 0 Å². The van der Waals surface area contributed by atoms with Crippen LogP contribution in [0.1, 0.15) is 33.8 Å². The second kappa shape index (κ2) is 8.34. The zero-order valence-electron chi connectivity index (χ0n) is 16.7. The molecular weight excluding hydrogens is 419 g/mol. The number of aromatic amines is 1. The molecular formula is C25H18F3NO3. The number of hydrogen-bond donors (Lipinski definition) is 2. The molecule has 0 spiro atoms. The molecule has 0 bridgehead atoms. The first kappa shape index (κ1) is 21.4. The maximum atomic E-state index is 12.8. The molecule has 1 atom stereocenters. The highest BCUT2D eigenvalue weighted by atomic mass is 19.4. The van der Waals surface area contributed by atoms with Crippen LogP contribution in [0.2, 0.25) is 0 Å². The molecule has 4 aromatic rings. The average Bonchev–Trinajstić information content (AvgIpc) is 3.20. The first-order valence-corrected chi connectivity index (χ1v) is 9.84. The van der Waals surface area contributed by atoms with E-state index in [0.717, 1.165) is 40.9 Å². The fraction of sp³-hybridized carbons (Fsp3) is 0.120. The predicted octanol–water partition coefficient (Wildman–Crippen LogP) is 6.29. The summed E-state index contributed by atoms with van der Waals surface area (Å²) in [5.41, 5.74) is 2.22. The molecule has 2 N–H and O–H groups in total. The Kier molecular flexibility index (Phi) is 5.57. The van der Waals surface area contributed by atoms with Gasteiger partial charge >= 0.3 is 12.1 Å². The number of halogens is 3. The van der Waals surface area contributed by atoms with E-state index in [0.29, 0.717) is 10.9 Å². The summed E-state index contributed by atoms with van der Waals surface area (Å²) in [5, 5.41) is 10.5. The molecule has 0 amide bonds. The van der Waals surface area contributed by atoms with Gasteiger partial charge in [-0.3, -0.25) is 9.59 Å². The highest BCUT2D eigenvalue weighted by Crippen LogP contribution is 2.33. The van der Waals surface area contributed by atoms with E-state index in [1.165, 1.54) is 0 Å². The monoisotopic (exact) mass is 437 g/mol. The number of carbonyl (C=O) groups is 2. The number of rotatable bonds is 6. The van der Waals surface area contributed by atoms with Gasteiger partial charge in [0, 0.05) is 29.1 Å². The van der Waals surface area contributed by atoms with Crippen LogP contribution >= 0.6 is 0 Å². The van der Waals surface area contributed by atoms with Gasteiger partial charge in [-0.1, -0.05) is 48.5 Å². The first-order valence-electron chi connectivity index (χ1n) is 9.84. The van der Waals surface area contributed by atoms with Crippen LogP contribution in [0.4, 0.5) is 13.2 Å². The van der Waals surface area contributed by atoms with Gasteiger partial charge in [0.15, 0.2) is 5.78 Å². The molecule has 1 unspecified atom stereocenters. The van der Waals surface area contributed by atoms with E-state index in [4.69, 9.17) is 0 Å². The molecule has 0 saturated carbocycles. The van der Waals surface area contributed by atoms with Gasteiger partial charge in [0.1, 0.15) is 0 Å². The lowest BCUT2D eigenvalue weighted by molar-refractivity contribution is -0.139. The number of benzene rings is 3. The second-order valence-corrected chi connectivity index (χ2v) is 7.46. The van der Waals surface area contributed by atoms with Crippen molar-refractivity contribution in [3.8, 4) is 11.1 Å². The Morgan fingerprint density at radius 1 is 0.906 bits per heavy atom. The minimum atomic E-state index is -4.51. The summed E-state index contributed by atoms with van der Waals surface area (Å²) < 4.78 is 38.3. The molecule has 0 saturated heterocycles. The van der Waals surface area contributed by atoms with Gasteiger partial charge in [0.2, 0.25) is 0 Å². The van der Waals surface area contributed by atoms with E-state index in [1.807, 2.05) is 48.5 Å². The summed E-state index contributed by atoms with van der Waals surface area (Å²) in [7, 11) is 0. The molecule has 4 rings (SSSR count). The first-order chi connectivity index (χ1) is 15.2. The smallest absolute Gasteiger partial charge is 0.416 e. The Morgan fingerprint density at radius 2 is 1.59 bits per heavy atom. The molecule has 0 radical (unpaired) electrons. The van der Waals surface area contributed by atoms with Crippen LogP contribution in [-0.2, 0) is 11.0 Å². The van der Waals surface area contributed by atoms with Crippen molar-refractivity contribution < 1.29 is 27.9 Å². The number of nitrogens with one attached hydrogen (secondary N) is 1. The SMILES string of the molecule is O=C(CC(C(=O)O)c1c[nH]c2ccc(-c3ccccc3)cc12)c1ccc(C(F)(F)F)cc1. The minimum Gasteiger partial charge on any atom is -0.481 e. The molecule has 1 heterocycles. The Balaban J connectivity index is 1.65. The third-order valence-electron chi connectivity index (χ3n) is 5.42. The van der Waals surface area contributed by atoms with Gasteiger partial charge in [0.05, 0.1) is 11.5 Å². The number of carboxylic acid groups (broad SMARTS) is 1. The number of ketones is 1. The lowest BCUT2D eigenvalue weighted by Crippen LogP contribution is -2.16. The minimum absolute atomic E-state index is 0.0362. The summed E-state index contributed by atoms with van der Waals surface area (Å²) in [6.07, 6.45) is -3.31. The molecule has 0 aliphatic carbocycles. The quantitative estimate of drug-likeness (QED) is 0.348. The Bertz CT molecular complexity index is 1280. The fourth-order valence-corrected chi connectivity index (χ4v) is 3.72. The van der Waals surface area contributed by atoms with Crippen molar-refractivity contribution in [3.05, 3.63) is 95.7 Å². The van der Waals surface area contributed by atoms with Gasteiger partial charge in [-0.05, 0) is 41.0 Å². The lowest BCUT2D eigenvalue weighted by Gasteiger charge is -2.12. The average molecular weight is 437 g/mol. The third-order valence-corrected chi connectivity index (χ3v) is 5.42. The van der Waals surface area contributed by atoms with Crippen LogP contribution in [0.5, 0.6) is 0 Å². The molecule has 4 nitrogen and oxygen atoms in total. The number of aromatic nitrogens is 1. The van der Waals surface area contributed by atoms with Crippen molar-refractivity contribution >= 4 is 22.7 Å². The molecule has 7 heteroatoms. The Morgan fingerprint density at radius 3 is 2.22 bits per heavy atom. The van der Waals surface area contributed by atoms with Gasteiger partial charge in [-0.2, -0.15) is 13.2 Å². The summed E-state index contributed by atoms with van der Waals surface area (Å²) in [6.45, 7) is 0. The molecule has 0 aliphatic heterocycles. The Labute approximate surface area is 181 Å². The van der Waals surface area contributed by atoms with Crippen LogP contribution in [0.3, 0.4) is 0 Å². The van der Waals surface area contributed by atoms with E-state index < -0.39 is 29.4 Å². The van der Waals surface area contributed by atoms with Crippen LogP contribution in [0.25, 0.3) is 22.0 Å². The molecule has 3 aromatic carbocycles. The number of carbonyl (C=O) groups excluding carboxylic acids is 1. The molecule has 32 heavy (non-hydrogen) atoms. The summed E-state index contributed by atoms with van der Waals surface area (Å²) >= 11 is 0. The maximum Gasteiger partial charge on any atom is 0.416 e. The maximum absolute atomic E-state index is 12.8. The number of H-pyrrole nitrogens is 1. The number of alkyl halides is 3. The van der Waals surface area contributed by atoms with E-state index in [1.54, 1.807) is 6.20 Å². The molecule has 162 valence electrons. The van der Waals surface area contributed by atoms with Crippen molar-refractivity contribution in [1.82, 2.24) is 4.98 Å². The second-order valence-electron chi connectivity index (χ2n) is 7.46.